The number of para-hydroxylation sites is 1. The lowest BCUT2D eigenvalue weighted by molar-refractivity contribution is 0.257. The fourth-order valence-corrected chi connectivity index (χ4v) is 3.93. The van der Waals surface area contributed by atoms with Crippen LogP contribution in [0.2, 0.25) is 0 Å². The molecule has 1 aromatic heterocycles. The highest BCUT2D eigenvalue weighted by Gasteiger charge is 2.16. The van der Waals surface area contributed by atoms with E-state index in [1.54, 1.807) is 14.2 Å². The minimum absolute atomic E-state index is 0.422. The second kappa shape index (κ2) is 9.70. The second-order valence-electron chi connectivity index (χ2n) is 7.60. The number of hydrogen-bond acceptors (Lipinski definition) is 8. The number of anilines is 3. The van der Waals surface area contributed by atoms with Gasteiger partial charge in [0.15, 0.2) is 11.5 Å². The minimum Gasteiger partial charge on any atom is -0.493 e. The van der Waals surface area contributed by atoms with Gasteiger partial charge in [0.05, 0.1) is 19.7 Å². The minimum atomic E-state index is 0.422. The molecule has 3 aromatic rings. The molecule has 0 spiro atoms. The van der Waals surface area contributed by atoms with Gasteiger partial charge in [0, 0.05) is 49.9 Å². The van der Waals surface area contributed by atoms with E-state index in [0.29, 0.717) is 23.3 Å². The van der Waals surface area contributed by atoms with Crippen molar-refractivity contribution in [1.29, 1.82) is 0 Å². The van der Waals surface area contributed by atoms with Crippen molar-refractivity contribution in [3.05, 3.63) is 42.5 Å². The Morgan fingerprint density at radius 2 is 1.68 bits per heavy atom. The number of rotatable bonds is 8. The van der Waals surface area contributed by atoms with Gasteiger partial charge < -0.3 is 25.4 Å². The number of ether oxygens (including phenoxy) is 2. The number of nitrogens with two attached hydrogens (primary N) is 1. The van der Waals surface area contributed by atoms with Crippen LogP contribution in [-0.2, 0) is 0 Å². The molecule has 0 unspecified atom stereocenters. The maximum Gasteiger partial charge on any atom is 0.225 e. The maximum absolute atomic E-state index is 6.15. The Kier molecular flexibility index (Phi) is 6.57. The van der Waals surface area contributed by atoms with Gasteiger partial charge in [-0.3, -0.25) is 4.90 Å². The quantitative estimate of drug-likeness (QED) is 0.536. The van der Waals surface area contributed by atoms with Gasteiger partial charge in [-0.15, -0.1) is 0 Å². The molecule has 8 heteroatoms. The number of methoxy groups -OCH3 is 2. The van der Waals surface area contributed by atoms with Crippen molar-refractivity contribution in [2.45, 2.75) is 6.42 Å². The number of aromatic nitrogens is 2. The molecule has 1 aliphatic heterocycles. The highest BCUT2D eigenvalue weighted by Crippen LogP contribution is 2.33. The van der Waals surface area contributed by atoms with Gasteiger partial charge in [0.2, 0.25) is 5.95 Å². The van der Waals surface area contributed by atoms with Crippen LogP contribution in [0, 0.1) is 0 Å². The fourth-order valence-electron chi connectivity index (χ4n) is 3.93. The molecular weight excluding hydrogens is 392 g/mol. The molecule has 164 valence electrons. The summed E-state index contributed by atoms with van der Waals surface area (Å²) in [4.78, 5) is 13.9. The molecular formula is C23H30N6O2. The van der Waals surface area contributed by atoms with Crippen LogP contribution >= 0.6 is 0 Å². The first-order chi connectivity index (χ1) is 15.2. The Morgan fingerprint density at radius 1 is 0.968 bits per heavy atom. The molecule has 31 heavy (non-hydrogen) atoms. The Hall–Kier alpha value is -3.26. The number of hydrogen-bond donors (Lipinski definition) is 2. The number of fused-ring (bicyclic) bond motifs is 1. The van der Waals surface area contributed by atoms with Gasteiger partial charge in [-0.25, -0.2) is 4.98 Å². The van der Waals surface area contributed by atoms with Crippen molar-refractivity contribution < 1.29 is 9.47 Å². The summed E-state index contributed by atoms with van der Waals surface area (Å²) in [5.41, 5.74) is 8.19. The van der Waals surface area contributed by atoms with E-state index in [1.807, 2.05) is 12.1 Å². The zero-order chi connectivity index (χ0) is 21.6. The van der Waals surface area contributed by atoms with Crippen molar-refractivity contribution in [3.63, 3.8) is 0 Å². The van der Waals surface area contributed by atoms with E-state index in [-0.39, 0.29) is 0 Å². The lowest BCUT2D eigenvalue weighted by Crippen LogP contribution is -2.46. The predicted molar refractivity (Wildman–Crippen MR) is 125 cm³/mol. The Bertz CT molecular complexity index is 1010. The fraction of sp³-hybridized carbons (Fsp3) is 0.391. The molecule has 0 saturated carbocycles. The van der Waals surface area contributed by atoms with Crippen LogP contribution in [0.5, 0.6) is 11.5 Å². The van der Waals surface area contributed by atoms with Gasteiger partial charge in [-0.1, -0.05) is 18.2 Å². The third kappa shape index (κ3) is 4.91. The molecule has 2 heterocycles. The highest BCUT2D eigenvalue weighted by atomic mass is 16.5. The summed E-state index contributed by atoms with van der Waals surface area (Å²) in [6.07, 6.45) is 1.01. The summed E-state index contributed by atoms with van der Waals surface area (Å²) in [5, 5.41) is 4.06. The normalized spacial score (nSPS) is 14.6. The van der Waals surface area contributed by atoms with Crippen LogP contribution in [0.1, 0.15) is 6.42 Å². The second-order valence-corrected chi connectivity index (χ2v) is 7.60. The number of nitrogen functional groups attached to an aromatic ring is 1. The van der Waals surface area contributed by atoms with Crippen molar-refractivity contribution >= 4 is 28.4 Å². The summed E-state index contributed by atoms with van der Waals surface area (Å²) in [5.74, 6) is 2.18. The van der Waals surface area contributed by atoms with Crippen LogP contribution in [-0.4, -0.2) is 68.4 Å². The van der Waals surface area contributed by atoms with Crippen molar-refractivity contribution in [1.82, 2.24) is 14.9 Å². The van der Waals surface area contributed by atoms with Crippen LogP contribution in [0.4, 0.5) is 17.5 Å². The van der Waals surface area contributed by atoms with Gasteiger partial charge in [-0.2, -0.15) is 4.98 Å². The molecule has 0 amide bonds. The van der Waals surface area contributed by atoms with Crippen LogP contribution in [0.25, 0.3) is 10.9 Å². The van der Waals surface area contributed by atoms with Crippen LogP contribution < -0.4 is 25.4 Å². The molecule has 1 saturated heterocycles. The first-order valence-electron chi connectivity index (χ1n) is 10.6. The SMILES string of the molecule is COc1cc2nc(NCCCN3CCN(c4ccccc4)CC3)nc(N)c2cc1OC. The third-order valence-electron chi connectivity index (χ3n) is 5.66. The third-order valence-corrected chi connectivity index (χ3v) is 5.66. The van der Waals surface area contributed by atoms with E-state index < -0.39 is 0 Å². The van der Waals surface area contributed by atoms with E-state index in [2.05, 4.69) is 55.4 Å². The molecule has 1 aliphatic rings. The Balaban J connectivity index is 1.28. The highest BCUT2D eigenvalue weighted by molar-refractivity contribution is 5.91. The first kappa shape index (κ1) is 21.0. The van der Waals surface area contributed by atoms with E-state index in [1.165, 1.54) is 5.69 Å². The number of nitrogens with zero attached hydrogens (tertiary/aromatic N) is 4. The standard InChI is InChI=1S/C23H30N6O2/c1-30-20-15-18-19(16-21(20)31-2)26-23(27-22(18)24)25-9-6-10-28-11-13-29(14-12-28)17-7-4-3-5-8-17/h3-5,7-8,15-16H,6,9-14H2,1-2H3,(H3,24,25,26,27). The zero-order valence-electron chi connectivity index (χ0n) is 18.2. The van der Waals surface area contributed by atoms with Gasteiger partial charge in [0.1, 0.15) is 5.82 Å². The lowest BCUT2D eigenvalue weighted by atomic mass is 10.2. The van der Waals surface area contributed by atoms with Gasteiger partial charge >= 0.3 is 0 Å². The van der Waals surface area contributed by atoms with Crippen molar-refractivity contribution in [2.75, 3.05) is 69.4 Å². The zero-order valence-corrected chi connectivity index (χ0v) is 18.2. The average molecular weight is 423 g/mol. The molecule has 3 N–H and O–H groups in total. The van der Waals surface area contributed by atoms with Crippen LogP contribution in [0.15, 0.2) is 42.5 Å². The average Bonchev–Trinajstić information content (AvgIpc) is 2.82. The number of benzene rings is 2. The van der Waals surface area contributed by atoms with E-state index in [0.717, 1.165) is 56.6 Å². The molecule has 0 bridgehead atoms. The smallest absolute Gasteiger partial charge is 0.225 e. The summed E-state index contributed by atoms with van der Waals surface area (Å²) in [7, 11) is 3.20. The maximum atomic E-state index is 6.15. The molecule has 1 fully saturated rings. The number of nitrogens with one attached hydrogen (secondary N) is 1. The topological polar surface area (TPSA) is 88.8 Å². The van der Waals surface area contributed by atoms with Gasteiger partial charge in [-0.05, 0) is 31.2 Å². The Labute approximate surface area is 183 Å². The monoisotopic (exact) mass is 422 g/mol. The molecule has 0 aliphatic carbocycles. The molecule has 8 nitrogen and oxygen atoms in total. The van der Waals surface area contributed by atoms with Gasteiger partial charge in [0.25, 0.3) is 0 Å². The first-order valence-corrected chi connectivity index (χ1v) is 10.6. The van der Waals surface area contributed by atoms with Crippen molar-refractivity contribution in [3.8, 4) is 11.5 Å². The lowest BCUT2D eigenvalue weighted by Gasteiger charge is -2.36. The largest absolute Gasteiger partial charge is 0.493 e. The summed E-state index contributed by atoms with van der Waals surface area (Å²) >= 11 is 0. The molecule has 0 radical (unpaired) electrons. The predicted octanol–water partition coefficient (Wildman–Crippen LogP) is 2.85. The Morgan fingerprint density at radius 3 is 2.39 bits per heavy atom. The molecule has 0 atom stereocenters. The van der Waals surface area contributed by atoms with E-state index >= 15 is 0 Å². The molecule has 4 rings (SSSR count). The number of piperazine rings is 1. The summed E-state index contributed by atoms with van der Waals surface area (Å²) in [6.45, 7) is 6.12. The van der Waals surface area contributed by atoms with E-state index in [4.69, 9.17) is 15.2 Å². The van der Waals surface area contributed by atoms with Crippen molar-refractivity contribution in [2.24, 2.45) is 0 Å². The van der Waals surface area contributed by atoms with Crippen LogP contribution in [0.3, 0.4) is 0 Å². The molecule has 2 aromatic carbocycles. The van der Waals surface area contributed by atoms with E-state index in [9.17, 15) is 0 Å². The summed E-state index contributed by atoms with van der Waals surface area (Å²) < 4.78 is 10.7. The summed E-state index contributed by atoms with van der Waals surface area (Å²) in [6, 6.07) is 14.3.